The third-order valence-corrected chi connectivity index (χ3v) is 5.32. The van der Waals surface area contributed by atoms with Crippen molar-refractivity contribution in [3.8, 4) is 0 Å². The molecule has 0 aliphatic rings. The number of carbonyl (C=O) groups excluding carboxylic acids is 3. The Labute approximate surface area is 206 Å². The average molecular weight is 476 g/mol. The van der Waals surface area contributed by atoms with Crippen LogP contribution in [-0.2, 0) is 14.3 Å². The van der Waals surface area contributed by atoms with E-state index in [0.29, 0.717) is 0 Å². The van der Waals surface area contributed by atoms with E-state index in [-0.39, 0.29) is 23.8 Å². The smallest absolute Gasteiger partial charge is 0.408 e. The third-order valence-electron chi connectivity index (χ3n) is 5.32. The minimum atomic E-state index is -0.868. The van der Waals surface area contributed by atoms with Crippen molar-refractivity contribution < 1.29 is 19.1 Å². The van der Waals surface area contributed by atoms with Crippen LogP contribution in [0.1, 0.15) is 92.0 Å². The molecule has 0 fully saturated rings. The summed E-state index contributed by atoms with van der Waals surface area (Å²) in [5.41, 5.74) is 1.23. The molecule has 0 saturated heterocycles. The summed E-state index contributed by atoms with van der Waals surface area (Å²) >= 11 is 0. The van der Waals surface area contributed by atoms with Crippen molar-refractivity contribution in [1.29, 1.82) is 0 Å². The van der Waals surface area contributed by atoms with Crippen molar-refractivity contribution >= 4 is 17.9 Å². The van der Waals surface area contributed by atoms with E-state index in [4.69, 9.17) is 4.74 Å². The number of amides is 3. The molecule has 0 saturated carbocycles. The number of rotatable bonds is 7. The van der Waals surface area contributed by atoms with E-state index in [1.807, 2.05) is 80.5 Å². The second kappa shape index (κ2) is 11.2. The largest absolute Gasteiger partial charge is 0.444 e. The van der Waals surface area contributed by atoms with Crippen LogP contribution in [0.5, 0.6) is 0 Å². The first kappa shape index (κ1) is 29.5. The number of nitrogens with one attached hydrogen (secondary N) is 2. The van der Waals surface area contributed by atoms with Crippen molar-refractivity contribution in [3.63, 3.8) is 0 Å². The van der Waals surface area contributed by atoms with Gasteiger partial charge in [-0.2, -0.15) is 0 Å². The molecular formula is C27H45N3O4. The van der Waals surface area contributed by atoms with Crippen molar-refractivity contribution in [3.05, 3.63) is 34.9 Å². The van der Waals surface area contributed by atoms with Crippen LogP contribution >= 0.6 is 0 Å². The Kier molecular flexibility index (Phi) is 9.74. The van der Waals surface area contributed by atoms with E-state index in [0.717, 1.165) is 16.7 Å². The fraction of sp³-hybridized carbons (Fsp3) is 0.667. The van der Waals surface area contributed by atoms with Crippen LogP contribution in [0.3, 0.4) is 0 Å². The number of hydrogen-bond donors (Lipinski definition) is 2. The summed E-state index contributed by atoms with van der Waals surface area (Å²) in [6.07, 6.45) is -0.663. The van der Waals surface area contributed by atoms with Gasteiger partial charge in [-0.15, -0.1) is 0 Å². The summed E-state index contributed by atoms with van der Waals surface area (Å²) in [5, 5.41) is 5.75. The molecule has 1 rings (SSSR count). The Morgan fingerprint density at radius 1 is 0.882 bits per heavy atom. The molecule has 0 heterocycles. The van der Waals surface area contributed by atoms with E-state index in [1.165, 1.54) is 0 Å². The maximum absolute atomic E-state index is 14.1. The third kappa shape index (κ3) is 8.03. The van der Waals surface area contributed by atoms with Gasteiger partial charge in [-0.05, 0) is 91.8 Å². The maximum Gasteiger partial charge on any atom is 0.408 e. The minimum absolute atomic E-state index is 0.1000. The van der Waals surface area contributed by atoms with Gasteiger partial charge in [0.05, 0.1) is 0 Å². The van der Waals surface area contributed by atoms with Gasteiger partial charge in [-0.1, -0.05) is 32.0 Å². The second-order valence-electron chi connectivity index (χ2n) is 11.6. The first-order chi connectivity index (χ1) is 15.4. The molecule has 2 atom stereocenters. The Morgan fingerprint density at radius 2 is 1.38 bits per heavy atom. The number of carbonyl (C=O) groups is 3. The molecule has 2 unspecified atom stereocenters. The molecule has 34 heavy (non-hydrogen) atoms. The van der Waals surface area contributed by atoms with Crippen molar-refractivity contribution in [2.75, 3.05) is 0 Å². The number of hydrogen-bond acceptors (Lipinski definition) is 4. The van der Waals surface area contributed by atoms with Crippen LogP contribution in [0.2, 0.25) is 0 Å². The maximum atomic E-state index is 14.1. The zero-order valence-electron chi connectivity index (χ0n) is 23.1. The normalized spacial score (nSPS) is 13.9. The lowest BCUT2D eigenvalue weighted by atomic mass is 9.89. The lowest BCUT2D eigenvalue weighted by molar-refractivity contribution is -0.149. The average Bonchev–Trinajstić information content (AvgIpc) is 2.61. The molecule has 192 valence electrons. The first-order valence-electron chi connectivity index (χ1n) is 12.1. The molecule has 0 aliphatic heterocycles. The van der Waals surface area contributed by atoms with Crippen LogP contribution in [0, 0.1) is 19.8 Å². The van der Waals surface area contributed by atoms with Crippen LogP contribution in [0.15, 0.2) is 18.2 Å². The molecule has 7 heteroatoms. The van der Waals surface area contributed by atoms with E-state index in [1.54, 1.807) is 25.7 Å². The molecular weight excluding hydrogens is 430 g/mol. The molecule has 1 aromatic rings. The Balaban J connectivity index is 3.65. The lowest BCUT2D eigenvalue weighted by Crippen LogP contribution is -2.60. The second-order valence-corrected chi connectivity index (χ2v) is 11.6. The zero-order valence-corrected chi connectivity index (χ0v) is 23.1. The molecule has 7 nitrogen and oxygen atoms in total. The monoisotopic (exact) mass is 475 g/mol. The quantitative estimate of drug-likeness (QED) is 0.578. The predicted octanol–water partition coefficient (Wildman–Crippen LogP) is 5.05. The minimum Gasteiger partial charge on any atom is -0.444 e. The predicted molar refractivity (Wildman–Crippen MR) is 137 cm³/mol. The summed E-state index contributed by atoms with van der Waals surface area (Å²) < 4.78 is 5.42. The summed E-state index contributed by atoms with van der Waals surface area (Å²) in [6.45, 7) is 22.4. The van der Waals surface area contributed by atoms with Gasteiger partial charge in [0, 0.05) is 11.6 Å². The highest BCUT2D eigenvalue weighted by Crippen LogP contribution is 2.34. The van der Waals surface area contributed by atoms with Crippen LogP contribution < -0.4 is 10.6 Å². The standard InChI is InChI=1S/C27H45N3O4/c1-16(2)21(29-25(33)34-27(10,11)12)24(32)30(26(7,8)9)22(23(31)28-17(3)4)20-18(5)14-13-15-19(20)6/h13-17,21-22H,1-12H3,(H,28,31)(H,29,33). The molecule has 0 aliphatic carbocycles. The molecule has 2 N–H and O–H groups in total. The fourth-order valence-corrected chi connectivity index (χ4v) is 3.94. The van der Waals surface area contributed by atoms with Gasteiger partial charge < -0.3 is 20.3 Å². The van der Waals surface area contributed by atoms with Gasteiger partial charge in [-0.3, -0.25) is 9.59 Å². The highest BCUT2D eigenvalue weighted by molar-refractivity contribution is 5.93. The van der Waals surface area contributed by atoms with E-state index in [9.17, 15) is 14.4 Å². The number of aryl methyl sites for hydroxylation is 2. The van der Waals surface area contributed by atoms with Crippen molar-refractivity contribution in [1.82, 2.24) is 15.5 Å². The summed E-state index contributed by atoms with van der Waals surface area (Å²) in [4.78, 5) is 42.0. The van der Waals surface area contributed by atoms with Gasteiger partial charge in [0.25, 0.3) is 0 Å². The van der Waals surface area contributed by atoms with E-state index < -0.39 is 29.3 Å². The van der Waals surface area contributed by atoms with Crippen LogP contribution in [-0.4, -0.2) is 46.0 Å². The van der Waals surface area contributed by atoms with Crippen molar-refractivity contribution in [2.24, 2.45) is 5.92 Å². The summed E-state index contributed by atoms with van der Waals surface area (Å²) in [6, 6.07) is 4.00. The summed E-state index contributed by atoms with van der Waals surface area (Å²) in [5.74, 6) is -0.813. The first-order valence-corrected chi connectivity index (χ1v) is 12.1. The van der Waals surface area contributed by atoms with Crippen LogP contribution in [0.4, 0.5) is 4.79 Å². The van der Waals surface area contributed by atoms with E-state index >= 15 is 0 Å². The van der Waals surface area contributed by atoms with Gasteiger partial charge >= 0.3 is 6.09 Å². The molecule has 0 aromatic heterocycles. The molecule has 0 bridgehead atoms. The Hall–Kier alpha value is -2.57. The zero-order chi connectivity index (χ0) is 26.6. The highest BCUT2D eigenvalue weighted by Gasteiger charge is 2.43. The molecule has 3 amide bonds. The van der Waals surface area contributed by atoms with Crippen LogP contribution in [0.25, 0.3) is 0 Å². The molecule has 0 spiro atoms. The van der Waals surface area contributed by atoms with Crippen molar-refractivity contribution in [2.45, 2.75) is 112 Å². The van der Waals surface area contributed by atoms with Gasteiger partial charge in [0.15, 0.2) is 0 Å². The van der Waals surface area contributed by atoms with Gasteiger partial charge in [0.2, 0.25) is 11.8 Å². The number of nitrogens with zero attached hydrogens (tertiary/aromatic N) is 1. The number of benzene rings is 1. The number of alkyl carbamates (subject to hydrolysis) is 1. The Morgan fingerprint density at radius 3 is 1.76 bits per heavy atom. The molecule has 0 radical (unpaired) electrons. The Bertz CT molecular complexity index is 859. The van der Waals surface area contributed by atoms with E-state index in [2.05, 4.69) is 10.6 Å². The SMILES string of the molecule is Cc1cccc(C)c1C(C(=O)NC(C)C)N(C(=O)C(NC(=O)OC(C)(C)C)C(C)C)C(C)(C)C. The number of ether oxygens (including phenoxy) is 1. The molecule has 1 aromatic carbocycles. The van der Waals surface area contributed by atoms with Gasteiger partial charge in [-0.25, -0.2) is 4.79 Å². The van der Waals surface area contributed by atoms with Gasteiger partial charge in [0.1, 0.15) is 17.7 Å². The highest BCUT2D eigenvalue weighted by atomic mass is 16.6. The fourth-order valence-electron chi connectivity index (χ4n) is 3.94. The lowest BCUT2D eigenvalue weighted by Gasteiger charge is -2.44. The summed E-state index contributed by atoms with van der Waals surface area (Å²) in [7, 11) is 0. The topological polar surface area (TPSA) is 87.7 Å².